The number of hydrogen-bond acceptors (Lipinski definition) is 2. The van der Waals surface area contributed by atoms with Crippen LogP contribution in [0.5, 0.6) is 5.75 Å². The Kier molecular flexibility index (Phi) is 4.23. The first kappa shape index (κ1) is 15.4. The monoisotopic (exact) mass is 295 g/mol. The minimum atomic E-state index is -4.46. The molecule has 112 valence electrons. The van der Waals surface area contributed by atoms with Crippen molar-refractivity contribution in [1.82, 2.24) is 5.32 Å². The highest BCUT2D eigenvalue weighted by Crippen LogP contribution is 2.39. The van der Waals surface area contributed by atoms with Crippen LogP contribution in [0, 0.1) is 0 Å². The highest BCUT2D eigenvalue weighted by atomic mass is 19.4. The van der Waals surface area contributed by atoms with E-state index in [1.807, 2.05) is 6.07 Å². The second kappa shape index (κ2) is 5.77. The van der Waals surface area contributed by atoms with E-state index in [-0.39, 0.29) is 17.9 Å². The van der Waals surface area contributed by atoms with Crippen molar-refractivity contribution in [2.45, 2.75) is 25.2 Å². The van der Waals surface area contributed by atoms with Gasteiger partial charge in [-0.3, -0.25) is 5.32 Å². The molecule has 2 rings (SSSR count). The standard InChI is InChI=1S/C16H16F3NO/c1-15(16(17,18)19,13-7-9-14(21)10-8-13)20-11-12-5-3-2-4-6-12/h2-10,20-21H,11H2,1H3. The molecular weight excluding hydrogens is 279 g/mol. The summed E-state index contributed by atoms with van der Waals surface area (Å²) in [5.74, 6) is -0.0636. The molecule has 0 aliphatic carbocycles. The summed E-state index contributed by atoms with van der Waals surface area (Å²) in [7, 11) is 0. The van der Waals surface area contributed by atoms with E-state index in [0.717, 1.165) is 12.5 Å². The summed E-state index contributed by atoms with van der Waals surface area (Å²) in [5.41, 5.74) is -1.35. The molecular formula is C16H16F3NO. The van der Waals surface area contributed by atoms with E-state index in [0.29, 0.717) is 0 Å². The van der Waals surface area contributed by atoms with Crippen molar-refractivity contribution >= 4 is 0 Å². The second-order valence-corrected chi connectivity index (χ2v) is 5.01. The molecule has 2 nitrogen and oxygen atoms in total. The molecule has 0 fully saturated rings. The van der Waals surface area contributed by atoms with Gasteiger partial charge in [-0.25, -0.2) is 0 Å². The molecule has 0 heterocycles. The lowest BCUT2D eigenvalue weighted by atomic mass is 9.90. The minimum Gasteiger partial charge on any atom is -0.508 e. The van der Waals surface area contributed by atoms with Crippen molar-refractivity contribution < 1.29 is 18.3 Å². The van der Waals surface area contributed by atoms with E-state index in [9.17, 15) is 18.3 Å². The van der Waals surface area contributed by atoms with Crippen LogP contribution in [0.1, 0.15) is 18.1 Å². The summed E-state index contributed by atoms with van der Waals surface area (Å²) < 4.78 is 40.4. The average molecular weight is 295 g/mol. The Labute approximate surface area is 121 Å². The van der Waals surface area contributed by atoms with Crippen LogP contribution in [0.25, 0.3) is 0 Å². The van der Waals surface area contributed by atoms with Gasteiger partial charge in [0.15, 0.2) is 0 Å². The van der Waals surface area contributed by atoms with Gasteiger partial charge in [0.05, 0.1) is 0 Å². The van der Waals surface area contributed by atoms with Crippen LogP contribution in [0.3, 0.4) is 0 Å². The number of hydrogen-bond donors (Lipinski definition) is 2. The van der Waals surface area contributed by atoms with Crippen LogP contribution in [0.15, 0.2) is 54.6 Å². The number of phenols is 1. The predicted octanol–water partition coefficient (Wildman–Crippen LogP) is 3.96. The summed E-state index contributed by atoms with van der Waals surface area (Å²) in [4.78, 5) is 0. The molecule has 2 aromatic rings. The molecule has 5 heteroatoms. The number of phenolic OH excluding ortho intramolecular Hbond substituents is 1. The average Bonchev–Trinajstić information content (AvgIpc) is 2.45. The molecule has 2 aromatic carbocycles. The molecule has 1 unspecified atom stereocenters. The first-order valence-electron chi connectivity index (χ1n) is 6.48. The van der Waals surface area contributed by atoms with E-state index in [1.165, 1.54) is 24.3 Å². The molecule has 2 N–H and O–H groups in total. The number of aromatic hydroxyl groups is 1. The first-order chi connectivity index (χ1) is 9.83. The van der Waals surface area contributed by atoms with Crippen LogP contribution in [0.2, 0.25) is 0 Å². The lowest BCUT2D eigenvalue weighted by Gasteiger charge is -2.34. The Hall–Kier alpha value is -2.01. The molecule has 0 aromatic heterocycles. The van der Waals surface area contributed by atoms with E-state index >= 15 is 0 Å². The fraction of sp³-hybridized carbons (Fsp3) is 0.250. The Morgan fingerprint density at radius 2 is 1.52 bits per heavy atom. The highest BCUT2D eigenvalue weighted by molar-refractivity contribution is 5.32. The Morgan fingerprint density at radius 1 is 0.952 bits per heavy atom. The molecule has 0 saturated heterocycles. The lowest BCUT2D eigenvalue weighted by Crippen LogP contribution is -2.51. The van der Waals surface area contributed by atoms with E-state index in [1.54, 1.807) is 24.3 Å². The Morgan fingerprint density at radius 3 is 2.05 bits per heavy atom. The zero-order valence-electron chi connectivity index (χ0n) is 11.5. The normalized spacial score (nSPS) is 14.7. The third-order valence-corrected chi connectivity index (χ3v) is 3.50. The van der Waals surface area contributed by atoms with Gasteiger partial charge in [0.25, 0.3) is 0 Å². The molecule has 0 radical (unpaired) electrons. The van der Waals surface area contributed by atoms with Gasteiger partial charge in [-0.2, -0.15) is 13.2 Å². The van der Waals surface area contributed by atoms with Gasteiger partial charge in [-0.05, 0) is 30.2 Å². The maximum absolute atomic E-state index is 13.5. The predicted molar refractivity (Wildman–Crippen MR) is 74.8 cm³/mol. The maximum Gasteiger partial charge on any atom is 0.410 e. The van der Waals surface area contributed by atoms with E-state index < -0.39 is 11.7 Å². The topological polar surface area (TPSA) is 32.3 Å². The van der Waals surface area contributed by atoms with Crippen molar-refractivity contribution in [1.29, 1.82) is 0 Å². The molecule has 1 atom stereocenters. The van der Waals surface area contributed by atoms with E-state index in [2.05, 4.69) is 5.32 Å². The van der Waals surface area contributed by atoms with Crippen molar-refractivity contribution in [3.8, 4) is 5.75 Å². The molecule has 21 heavy (non-hydrogen) atoms. The molecule has 0 aliphatic rings. The van der Waals surface area contributed by atoms with Crippen molar-refractivity contribution in [2.24, 2.45) is 0 Å². The van der Waals surface area contributed by atoms with Gasteiger partial charge in [0.1, 0.15) is 11.3 Å². The van der Waals surface area contributed by atoms with Crippen molar-refractivity contribution in [3.05, 3.63) is 65.7 Å². The van der Waals surface area contributed by atoms with Crippen LogP contribution >= 0.6 is 0 Å². The first-order valence-corrected chi connectivity index (χ1v) is 6.48. The zero-order valence-corrected chi connectivity index (χ0v) is 11.5. The number of halogens is 3. The van der Waals surface area contributed by atoms with Crippen LogP contribution < -0.4 is 5.32 Å². The SMILES string of the molecule is CC(NCc1ccccc1)(c1ccc(O)cc1)C(F)(F)F. The van der Waals surface area contributed by atoms with Crippen LogP contribution in [0.4, 0.5) is 13.2 Å². The Bertz CT molecular complexity index is 581. The molecule has 0 spiro atoms. The third-order valence-electron chi connectivity index (χ3n) is 3.50. The molecule has 0 saturated carbocycles. The smallest absolute Gasteiger partial charge is 0.410 e. The highest BCUT2D eigenvalue weighted by Gasteiger charge is 2.52. The number of nitrogens with one attached hydrogen (secondary N) is 1. The summed E-state index contributed by atoms with van der Waals surface area (Å²) in [5, 5.41) is 11.8. The number of benzene rings is 2. The van der Waals surface area contributed by atoms with Crippen molar-refractivity contribution in [2.75, 3.05) is 0 Å². The lowest BCUT2D eigenvalue weighted by molar-refractivity contribution is -0.196. The van der Waals surface area contributed by atoms with Crippen LogP contribution in [-0.4, -0.2) is 11.3 Å². The number of alkyl halides is 3. The van der Waals surface area contributed by atoms with Gasteiger partial charge in [-0.1, -0.05) is 42.5 Å². The molecule has 0 aliphatic heterocycles. The van der Waals surface area contributed by atoms with E-state index in [4.69, 9.17) is 0 Å². The van der Waals surface area contributed by atoms with Gasteiger partial charge >= 0.3 is 6.18 Å². The third kappa shape index (κ3) is 3.36. The summed E-state index contributed by atoms with van der Waals surface area (Å²) in [6, 6.07) is 14.0. The zero-order chi connectivity index (χ0) is 15.5. The minimum absolute atomic E-state index is 0.0590. The van der Waals surface area contributed by atoms with Crippen molar-refractivity contribution in [3.63, 3.8) is 0 Å². The fourth-order valence-electron chi connectivity index (χ4n) is 2.04. The van der Waals surface area contributed by atoms with Crippen LogP contribution in [-0.2, 0) is 12.1 Å². The Balaban J connectivity index is 2.27. The summed E-state index contributed by atoms with van der Waals surface area (Å²) in [6.45, 7) is 1.19. The summed E-state index contributed by atoms with van der Waals surface area (Å²) in [6.07, 6.45) is -4.46. The number of rotatable bonds is 4. The summed E-state index contributed by atoms with van der Waals surface area (Å²) >= 11 is 0. The molecule has 0 bridgehead atoms. The molecule has 0 amide bonds. The van der Waals surface area contributed by atoms with Gasteiger partial charge in [0, 0.05) is 6.54 Å². The maximum atomic E-state index is 13.5. The fourth-order valence-corrected chi connectivity index (χ4v) is 2.04. The second-order valence-electron chi connectivity index (χ2n) is 5.01. The van der Waals surface area contributed by atoms with Gasteiger partial charge in [0.2, 0.25) is 0 Å². The quantitative estimate of drug-likeness (QED) is 0.895. The van der Waals surface area contributed by atoms with Gasteiger partial charge < -0.3 is 5.11 Å². The largest absolute Gasteiger partial charge is 0.508 e. The van der Waals surface area contributed by atoms with Gasteiger partial charge in [-0.15, -0.1) is 0 Å².